The van der Waals surface area contributed by atoms with E-state index in [9.17, 15) is 18.0 Å². The monoisotopic (exact) mass is 507 g/mol. The van der Waals surface area contributed by atoms with E-state index in [1.165, 1.54) is 40.2 Å². The zero-order valence-corrected chi connectivity index (χ0v) is 19.2. The number of aryl methyl sites for hydroxylation is 1. The number of nitrogens with one attached hydrogen (secondary N) is 1. The van der Waals surface area contributed by atoms with E-state index in [0.717, 1.165) is 4.90 Å². The Morgan fingerprint density at radius 3 is 2.63 bits per heavy atom. The van der Waals surface area contributed by atoms with Crippen molar-refractivity contribution in [1.29, 1.82) is 0 Å². The van der Waals surface area contributed by atoms with Crippen LogP contribution in [0.1, 0.15) is 24.2 Å². The van der Waals surface area contributed by atoms with Gasteiger partial charge in [-0.05, 0) is 17.5 Å². The second-order valence-electron chi connectivity index (χ2n) is 7.88. The predicted octanol–water partition coefficient (Wildman–Crippen LogP) is 2.63. The van der Waals surface area contributed by atoms with Crippen LogP contribution in [-0.2, 0) is 13.5 Å². The first kappa shape index (κ1) is 22.8. The lowest BCUT2D eigenvalue weighted by atomic mass is 10.1. The van der Waals surface area contributed by atoms with Crippen molar-refractivity contribution in [1.82, 2.24) is 29.6 Å². The second kappa shape index (κ2) is 8.08. The topological polar surface area (TPSA) is 124 Å². The van der Waals surface area contributed by atoms with Crippen LogP contribution in [0.2, 0.25) is 5.02 Å². The minimum Gasteiger partial charge on any atom is -0.390 e. The van der Waals surface area contributed by atoms with Crippen LogP contribution in [0.25, 0.3) is 11.5 Å². The Labute approximate surface area is 200 Å². The number of nitrogens with zero attached hydrogens (tertiary/aromatic N) is 8. The fraction of sp³-hybridized carbons (Fsp3) is 0.300. The van der Waals surface area contributed by atoms with Crippen molar-refractivity contribution in [2.24, 2.45) is 7.05 Å². The van der Waals surface area contributed by atoms with Crippen molar-refractivity contribution >= 4 is 40.3 Å². The van der Waals surface area contributed by atoms with Crippen LogP contribution in [-0.4, -0.2) is 48.4 Å². The molecule has 4 aromatic rings. The van der Waals surface area contributed by atoms with Crippen molar-refractivity contribution in [2.45, 2.75) is 25.4 Å². The first-order valence-electron chi connectivity index (χ1n) is 10.5. The quantitative estimate of drug-likeness (QED) is 0.411. The molecule has 2 amide bonds. The summed E-state index contributed by atoms with van der Waals surface area (Å²) in [5.74, 6) is -1.71. The Morgan fingerprint density at radius 1 is 1.29 bits per heavy atom. The van der Waals surface area contributed by atoms with Crippen LogP contribution in [0.4, 0.5) is 35.0 Å². The van der Waals surface area contributed by atoms with Gasteiger partial charge in [-0.2, -0.15) is 23.4 Å². The van der Waals surface area contributed by atoms with Gasteiger partial charge in [0, 0.05) is 13.6 Å². The Balaban J connectivity index is 1.53. The van der Waals surface area contributed by atoms with Crippen LogP contribution >= 0.6 is 11.6 Å². The lowest BCUT2D eigenvalue weighted by Crippen LogP contribution is -2.40. The number of aromatic nitrogens is 7. The van der Waals surface area contributed by atoms with Crippen molar-refractivity contribution in [3.05, 3.63) is 47.3 Å². The maximum Gasteiger partial charge on any atom is 0.401 e. The number of hydrogen-bond donors (Lipinski definition) is 2. The smallest absolute Gasteiger partial charge is 0.390 e. The van der Waals surface area contributed by atoms with Gasteiger partial charge in [0.2, 0.25) is 0 Å². The second-order valence-corrected chi connectivity index (χ2v) is 8.29. The summed E-state index contributed by atoms with van der Waals surface area (Å²) in [6.45, 7) is 1.22. The molecule has 35 heavy (non-hydrogen) atoms. The third-order valence-electron chi connectivity index (χ3n) is 5.89. The van der Waals surface area contributed by atoms with Gasteiger partial charge in [-0.1, -0.05) is 18.5 Å². The Morgan fingerprint density at radius 2 is 2.00 bits per heavy atom. The molecule has 0 radical (unpaired) electrons. The number of anilines is 3. The molecule has 182 valence electrons. The van der Waals surface area contributed by atoms with Gasteiger partial charge in [-0.3, -0.25) is 4.90 Å². The van der Waals surface area contributed by atoms with Crippen LogP contribution in [0, 0.1) is 0 Å². The molecule has 0 saturated carbocycles. The van der Waals surface area contributed by atoms with Crippen LogP contribution in [0.3, 0.4) is 0 Å². The van der Waals surface area contributed by atoms with Crippen molar-refractivity contribution in [3.63, 3.8) is 0 Å². The van der Waals surface area contributed by atoms with Crippen LogP contribution in [0.15, 0.2) is 30.9 Å². The van der Waals surface area contributed by atoms with Gasteiger partial charge in [0.25, 0.3) is 0 Å². The van der Waals surface area contributed by atoms with Gasteiger partial charge in [0.05, 0.1) is 35.0 Å². The SMILES string of the molecule is CCc1c(N)c2ncc3c([n+]2n1C)[C@H](C(F)(F)F)CN3C(=O)Nc1cnc(-n2nccn2)c(Cl)c1. The number of carbonyl (C=O) groups excluding carboxylic acids is 1. The molecule has 0 aromatic carbocycles. The van der Waals surface area contributed by atoms with E-state index in [1.54, 1.807) is 11.7 Å². The third kappa shape index (κ3) is 3.60. The van der Waals surface area contributed by atoms with Gasteiger partial charge in [0.15, 0.2) is 23.4 Å². The number of carbonyl (C=O) groups is 1. The zero-order chi connectivity index (χ0) is 25.1. The molecule has 0 saturated heterocycles. The average Bonchev–Trinajstić information content (AvgIpc) is 3.51. The fourth-order valence-corrected chi connectivity index (χ4v) is 4.55. The predicted molar refractivity (Wildman–Crippen MR) is 119 cm³/mol. The molecule has 15 heteroatoms. The van der Waals surface area contributed by atoms with Crippen molar-refractivity contribution < 1.29 is 22.5 Å². The molecule has 0 unspecified atom stereocenters. The number of nitrogens with two attached hydrogens (primary N) is 1. The number of hydrogen-bond acceptors (Lipinski definition) is 6. The largest absolute Gasteiger partial charge is 0.401 e. The molecule has 0 aliphatic carbocycles. The van der Waals surface area contributed by atoms with Gasteiger partial charge in [-0.15, -0.1) is 9.31 Å². The highest BCUT2D eigenvalue weighted by atomic mass is 35.5. The van der Waals surface area contributed by atoms with Crippen LogP contribution < -0.4 is 20.5 Å². The number of urea groups is 1. The lowest BCUT2D eigenvalue weighted by Gasteiger charge is -2.18. The summed E-state index contributed by atoms with van der Waals surface area (Å²) < 4.78 is 45.2. The van der Waals surface area contributed by atoms with Gasteiger partial charge >= 0.3 is 17.9 Å². The summed E-state index contributed by atoms with van der Waals surface area (Å²) in [7, 11) is 1.62. The minimum atomic E-state index is -4.61. The first-order chi connectivity index (χ1) is 16.6. The molecule has 3 N–H and O–H groups in total. The van der Waals surface area contributed by atoms with Crippen LogP contribution in [0.5, 0.6) is 0 Å². The molecule has 1 atom stereocenters. The third-order valence-corrected chi connectivity index (χ3v) is 6.16. The summed E-state index contributed by atoms with van der Waals surface area (Å²) in [5.41, 5.74) is 7.40. The normalized spacial score (nSPS) is 15.6. The number of halogens is 4. The summed E-state index contributed by atoms with van der Waals surface area (Å²) in [4.78, 5) is 23.7. The van der Waals surface area contributed by atoms with E-state index < -0.39 is 24.7 Å². The molecule has 4 aromatic heterocycles. The minimum absolute atomic E-state index is 0.0296. The Bertz CT molecular complexity index is 1450. The summed E-state index contributed by atoms with van der Waals surface area (Å²) in [5, 5.41) is 10.6. The molecule has 5 rings (SSSR count). The maximum absolute atomic E-state index is 14.1. The lowest BCUT2D eigenvalue weighted by molar-refractivity contribution is -0.619. The van der Waals surface area contributed by atoms with Gasteiger partial charge in [-0.25, -0.2) is 14.5 Å². The molecule has 5 heterocycles. The highest BCUT2D eigenvalue weighted by Gasteiger charge is 2.53. The highest BCUT2D eigenvalue weighted by molar-refractivity contribution is 6.32. The van der Waals surface area contributed by atoms with Crippen molar-refractivity contribution in [2.75, 3.05) is 22.5 Å². The first-order valence-corrected chi connectivity index (χ1v) is 10.8. The van der Waals surface area contributed by atoms with Gasteiger partial charge in [0.1, 0.15) is 11.6 Å². The molecule has 1 aliphatic rings. The fourth-order valence-electron chi connectivity index (χ4n) is 4.31. The number of amides is 2. The number of nitrogen functional groups attached to an aromatic ring is 1. The van der Waals surface area contributed by atoms with E-state index in [0.29, 0.717) is 17.8 Å². The molecule has 1 aliphatic heterocycles. The molecule has 0 fully saturated rings. The molecule has 11 nitrogen and oxygen atoms in total. The summed E-state index contributed by atoms with van der Waals surface area (Å²) in [6, 6.07) is 0.617. The number of pyridine rings is 1. The average molecular weight is 508 g/mol. The molecule has 0 spiro atoms. The number of fused-ring (bicyclic) bond motifs is 3. The summed E-state index contributed by atoms with van der Waals surface area (Å²) >= 11 is 6.24. The highest BCUT2D eigenvalue weighted by Crippen LogP contribution is 2.44. The van der Waals surface area contributed by atoms with E-state index in [4.69, 9.17) is 17.3 Å². The van der Waals surface area contributed by atoms with Gasteiger partial charge < -0.3 is 11.1 Å². The van der Waals surface area contributed by atoms with Crippen molar-refractivity contribution in [3.8, 4) is 5.82 Å². The number of rotatable bonds is 3. The summed E-state index contributed by atoms with van der Waals surface area (Å²) in [6.07, 6.45) is 1.33. The number of alkyl halides is 3. The Hall–Kier alpha value is -3.94. The van der Waals surface area contributed by atoms with E-state index in [2.05, 4.69) is 25.5 Å². The molecule has 0 bridgehead atoms. The maximum atomic E-state index is 14.1. The Kier molecular flexibility index (Phi) is 5.27. The molecular weight excluding hydrogens is 489 g/mol. The standard InChI is InChI=1S/C20H18ClF3N10O/c1-3-13-15(25)18-27-8-14-16(33(18)31(13)2)11(20(22,23)24)9-32(14)19(35)30-10-6-12(21)17(26-7-10)34-28-4-5-29-34/h4-8,11H,3,9,25H2,1-2H3/p+1/t11-/m1/s1. The zero-order valence-electron chi connectivity index (χ0n) is 18.5. The van der Waals surface area contributed by atoms with E-state index in [-0.39, 0.29) is 33.6 Å². The van der Waals surface area contributed by atoms with E-state index >= 15 is 0 Å². The molecular formula is C20H19ClF3N10O+. The van der Waals surface area contributed by atoms with E-state index in [1.807, 2.05) is 6.92 Å².